The summed E-state index contributed by atoms with van der Waals surface area (Å²) in [6.45, 7) is 10.6. The largest absolute Gasteiger partial charge is 0.480 e. The zero-order valence-corrected chi connectivity index (χ0v) is 13.6. The molecular weight excluding hydrogens is 274 g/mol. The molecule has 0 heterocycles. The summed E-state index contributed by atoms with van der Waals surface area (Å²) < 4.78 is 0. The van der Waals surface area contributed by atoms with E-state index in [9.17, 15) is 14.4 Å². The van der Waals surface area contributed by atoms with Crippen LogP contribution < -0.4 is 16.0 Å². The summed E-state index contributed by atoms with van der Waals surface area (Å²) in [5.74, 6) is -1.62. The fourth-order valence-corrected chi connectivity index (χ4v) is 1.61. The number of hydrogen-bond donors (Lipinski definition) is 4. The van der Waals surface area contributed by atoms with Crippen LogP contribution in [0.3, 0.4) is 0 Å². The van der Waals surface area contributed by atoms with Gasteiger partial charge in [0, 0.05) is 5.54 Å². The van der Waals surface area contributed by atoms with E-state index in [0.717, 1.165) is 0 Å². The molecule has 0 rings (SSSR count). The SMILES string of the molecule is CC[C@H](C)[C@H](NC(=O)NC(C)C(=O)NC(C)(C)C)C(=O)O. The van der Waals surface area contributed by atoms with Gasteiger partial charge in [0.2, 0.25) is 5.91 Å². The zero-order chi connectivity index (χ0) is 16.8. The Morgan fingerprint density at radius 3 is 2.00 bits per heavy atom. The first kappa shape index (κ1) is 19.2. The molecule has 4 N–H and O–H groups in total. The van der Waals surface area contributed by atoms with Crippen LogP contribution in [0.1, 0.15) is 48.0 Å². The number of rotatable bonds is 6. The van der Waals surface area contributed by atoms with Crippen molar-refractivity contribution in [3.8, 4) is 0 Å². The molecule has 122 valence electrons. The van der Waals surface area contributed by atoms with E-state index in [1.54, 1.807) is 13.8 Å². The number of carbonyl (C=O) groups excluding carboxylic acids is 2. The second-order valence-electron chi connectivity index (χ2n) is 6.28. The Morgan fingerprint density at radius 2 is 1.62 bits per heavy atom. The average molecular weight is 301 g/mol. The van der Waals surface area contributed by atoms with Crippen LogP contribution in [0.15, 0.2) is 0 Å². The fraction of sp³-hybridized carbons (Fsp3) is 0.786. The second kappa shape index (κ2) is 7.85. The predicted molar refractivity (Wildman–Crippen MR) is 79.9 cm³/mol. The third-order valence-electron chi connectivity index (χ3n) is 3.00. The van der Waals surface area contributed by atoms with Crippen molar-refractivity contribution >= 4 is 17.9 Å². The molecule has 0 radical (unpaired) electrons. The van der Waals surface area contributed by atoms with E-state index in [1.165, 1.54) is 0 Å². The van der Waals surface area contributed by atoms with E-state index in [-0.39, 0.29) is 11.8 Å². The monoisotopic (exact) mass is 301 g/mol. The molecule has 0 aromatic rings. The minimum atomic E-state index is -1.09. The maximum atomic E-state index is 11.8. The summed E-state index contributed by atoms with van der Waals surface area (Å²) in [6, 6.07) is -2.40. The van der Waals surface area contributed by atoms with E-state index in [1.807, 2.05) is 27.7 Å². The number of amides is 3. The maximum Gasteiger partial charge on any atom is 0.326 e. The van der Waals surface area contributed by atoms with Gasteiger partial charge < -0.3 is 21.1 Å². The Kier molecular flexibility index (Phi) is 7.18. The van der Waals surface area contributed by atoms with E-state index < -0.39 is 29.6 Å². The summed E-state index contributed by atoms with van der Waals surface area (Å²) in [5.41, 5.74) is -0.399. The predicted octanol–water partition coefficient (Wildman–Crippen LogP) is 1.09. The van der Waals surface area contributed by atoms with Gasteiger partial charge in [-0.05, 0) is 33.6 Å². The standard InChI is InChI=1S/C14H27N3O4/c1-7-8(2)10(12(19)20)16-13(21)15-9(3)11(18)17-14(4,5)6/h8-10H,7H2,1-6H3,(H,17,18)(H,19,20)(H2,15,16,21)/t8-,9?,10-/m0/s1. The number of carboxylic acid groups (broad SMARTS) is 1. The third kappa shape index (κ3) is 7.53. The van der Waals surface area contributed by atoms with E-state index in [0.29, 0.717) is 6.42 Å². The van der Waals surface area contributed by atoms with Crippen molar-refractivity contribution in [2.24, 2.45) is 5.92 Å². The van der Waals surface area contributed by atoms with Gasteiger partial charge in [0.25, 0.3) is 0 Å². The molecule has 0 bridgehead atoms. The minimum absolute atomic E-state index is 0.202. The molecule has 21 heavy (non-hydrogen) atoms. The molecular formula is C14H27N3O4. The molecule has 0 aliphatic rings. The normalized spacial score (nSPS) is 15.5. The van der Waals surface area contributed by atoms with Crippen molar-refractivity contribution in [3.63, 3.8) is 0 Å². The molecule has 0 aliphatic carbocycles. The molecule has 0 aliphatic heterocycles. The van der Waals surface area contributed by atoms with Crippen molar-refractivity contribution in [1.82, 2.24) is 16.0 Å². The lowest BCUT2D eigenvalue weighted by atomic mass is 9.99. The number of urea groups is 1. The van der Waals surface area contributed by atoms with Gasteiger partial charge in [-0.15, -0.1) is 0 Å². The van der Waals surface area contributed by atoms with Crippen LogP contribution in [0.2, 0.25) is 0 Å². The number of carbonyl (C=O) groups is 3. The Bertz CT molecular complexity index is 390. The highest BCUT2D eigenvalue weighted by Crippen LogP contribution is 2.07. The van der Waals surface area contributed by atoms with Gasteiger partial charge in [0.15, 0.2) is 0 Å². The van der Waals surface area contributed by atoms with E-state index in [2.05, 4.69) is 16.0 Å². The lowest BCUT2D eigenvalue weighted by Gasteiger charge is -2.25. The van der Waals surface area contributed by atoms with Crippen LogP contribution in [-0.2, 0) is 9.59 Å². The van der Waals surface area contributed by atoms with Crippen LogP contribution in [0, 0.1) is 5.92 Å². The number of nitrogens with one attached hydrogen (secondary N) is 3. The van der Waals surface area contributed by atoms with Crippen LogP contribution in [0.5, 0.6) is 0 Å². The van der Waals surface area contributed by atoms with Crippen molar-refractivity contribution in [1.29, 1.82) is 0 Å². The Labute approximate surface area is 125 Å². The molecule has 0 aromatic heterocycles. The average Bonchev–Trinajstić information content (AvgIpc) is 2.32. The van der Waals surface area contributed by atoms with E-state index in [4.69, 9.17) is 5.11 Å². The van der Waals surface area contributed by atoms with Gasteiger partial charge >= 0.3 is 12.0 Å². The Balaban J connectivity index is 4.54. The van der Waals surface area contributed by atoms with Crippen LogP contribution in [0.25, 0.3) is 0 Å². The van der Waals surface area contributed by atoms with E-state index >= 15 is 0 Å². The fourth-order valence-electron chi connectivity index (χ4n) is 1.61. The van der Waals surface area contributed by atoms with Gasteiger partial charge in [0.1, 0.15) is 12.1 Å². The lowest BCUT2D eigenvalue weighted by molar-refractivity contribution is -0.140. The van der Waals surface area contributed by atoms with Crippen LogP contribution >= 0.6 is 0 Å². The third-order valence-corrected chi connectivity index (χ3v) is 3.00. The first-order chi connectivity index (χ1) is 9.47. The molecule has 0 saturated heterocycles. The zero-order valence-electron chi connectivity index (χ0n) is 13.6. The molecule has 7 nitrogen and oxygen atoms in total. The quantitative estimate of drug-likeness (QED) is 0.589. The molecule has 0 spiro atoms. The lowest BCUT2D eigenvalue weighted by Crippen LogP contribution is -2.55. The maximum absolute atomic E-state index is 11.8. The number of carboxylic acids is 1. The van der Waals surface area contributed by atoms with Gasteiger partial charge in [-0.3, -0.25) is 4.79 Å². The van der Waals surface area contributed by atoms with Crippen molar-refractivity contribution in [2.45, 2.75) is 65.6 Å². The van der Waals surface area contributed by atoms with Crippen molar-refractivity contribution < 1.29 is 19.5 Å². The van der Waals surface area contributed by atoms with Gasteiger partial charge in [-0.25, -0.2) is 9.59 Å². The summed E-state index contributed by atoms with van der Waals surface area (Å²) in [4.78, 5) is 34.7. The van der Waals surface area contributed by atoms with Crippen molar-refractivity contribution in [3.05, 3.63) is 0 Å². The highest BCUT2D eigenvalue weighted by molar-refractivity contribution is 5.88. The topological polar surface area (TPSA) is 108 Å². The molecule has 1 unspecified atom stereocenters. The Hall–Kier alpha value is -1.79. The van der Waals surface area contributed by atoms with Crippen LogP contribution in [0.4, 0.5) is 4.79 Å². The molecule has 7 heteroatoms. The summed E-state index contributed by atoms with van der Waals surface area (Å²) in [6.07, 6.45) is 0.622. The van der Waals surface area contributed by atoms with Gasteiger partial charge in [-0.1, -0.05) is 20.3 Å². The number of hydrogen-bond acceptors (Lipinski definition) is 3. The Morgan fingerprint density at radius 1 is 1.10 bits per heavy atom. The highest BCUT2D eigenvalue weighted by atomic mass is 16.4. The molecule has 0 aromatic carbocycles. The molecule has 0 fully saturated rings. The molecule has 0 saturated carbocycles. The second-order valence-corrected chi connectivity index (χ2v) is 6.28. The van der Waals surface area contributed by atoms with Gasteiger partial charge in [-0.2, -0.15) is 0 Å². The van der Waals surface area contributed by atoms with Crippen molar-refractivity contribution in [2.75, 3.05) is 0 Å². The molecule has 3 amide bonds. The molecule has 3 atom stereocenters. The first-order valence-corrected chi connectivity index (χ1v) is 7.09. The smallest absolute Gasteiger partial charge is 0.326 e. The summed E-state index contributed by atoms with van der Waals surface area (Å²) >= 11 is 0. The highest BCUT2D eigenvalue weighted by Gasteiger charge is 2.27. The first-order valence-electron chi connectivity index (χ1n) is 7.09. The summed E-state index contributed by atoms with van der Waals surface area (Å²) in [7, 11) is 0. The van der Waals surface area contributed by atoms with Gasteiger partial charge in [0.05, 0.1) is 0 Å². The minimum Gasteiger partial charge on any atom is -0.480 e. The number of aliphatic carboxylic acids is 1. The summed E-state index contributed by atoms with van der Waals surface area (Å²) in [5, 5.41) is 16.7. The van der Waals surface area contributed by atoms with Crippen LogP contribution in [-0.4, -0.2) is 40.6 Å².